The Morgan fingerprint density at radius 1 is 1.00 bits per heavy atom. The molecular formula is C14H14Cl2Na2O8S2. The van der Waals surface area contributed by atoms with Gasteiger partial charge in [-0.05, 0) is 40.5 Å². The zero-order chi connectivity index (χ0) is 19.7. The third-order valence-electron chi connectivity index (χ3n) is 4.41. The van der Waals surface area contributed by atoms with Gasteiger partial charge in [0.1, 0.15) is 12.2 Å². The number of rotatable bonds is 2. The van der Waals surface area contributed by atoms with E-state index in [9.17, 15) is 31.6 Å². The van der Waals surface area contributed by atoms with Gasteiger partial charge in [0, 0.05) is 6.42 Å². The number of benzene rings is 1. The Kier molecular flexibility index (Phi) is 8.57. The van der Waals surface area contributed by atoms with Gasteiger partial charge in [-0.2, -0.15) is 16.8 Å². The molecule has 2 aliphatic carbocycles. The SMILES string of the molecule is O=S(=O)(O)c1ccc2c(c1)C(O)C1=C(CC(Cl)(S(=O)(=O)O)C(Cl)=C1)C2O.[NaH].[NaH]. The molecule has 0 aliphatic heterocycles. The predicted octanol–water partition coefficient (Wildman–Crippen LogP) is 0.363. The van der Waals surface area contributed by atoms with Crippen molar-refractivity contribution in [1.29, 1.82) is 0 Å². The van der Waals surface area contributed by atoms with Crippen LogP contribution in [0.5, 0.6) is 0 Å². The molecular weight excluding hydrogens is 477 g/mol. The van der Waals surface area contributed by atoms with E-state index >= 15 is 0 Å². The second-order valence-electron chi connectivity index (χ2n) is 5.92. The molecule has 28 heavy (non-hydrogen) atoms. The zero-order valence-corrected chi connectivity index (χ0v) is 15.8. The van der Waals surface area contributed by atoms with Crippen LogP contribution in [-0.2, 0) is 20.2 Å². The average molecular weight is 491 g/mol. The second-order valence-corrected chi connectivity index (χ2v) is 10.3. The van der Waals surface area contributed by atoms with Crippen molar-refractivity contribution in [3.8, 4) is 0 Å². The molecule has 3 rings (SSSR count). The second kappa shape index (κ2) is 8.87. The van der Waals surface area contributed by atoms with Gasteiger partial charge < -0.3 is 10.2 Å². The van der Waals surface area contributed by atoms with Crippen LogP contribution in [0.1, 0.15) is 29.8 Å². The number of halogens is 2. The van der Waals surface area contributed by atoms with Gasteiger partial charge >= 0.3 is 59.1 Å². The van der Waals surface area contributed by atoms with E-state index < -0.39 is 53.0 Å². The van der Waals surface area contributed by atoms with Crippen LogP contribution >= 0.6 is 23.2 Å². The van der Waals surface area contributed by atoms with Gasteiger partial charge in [-0.1, -0.05) is 29.3 Å². The minimum atomic E-state index is -4.84. The van der Waals surface area contributed by atoms with Gasteiger partial charge in [-0.3, -0.25) is 9.11 Å². The third kappa shape index (κ3) is 4.46. The number of aliphatic hydroxyl groups is 2. The van der Waals surface area contributed by atoms with Crippen LogP contribution in [0, 0.1) is 0 Å². The third-order valence-corrected chi connectivity index (χ3v) is 8.00. The van der Waals surface area contributed by atoms with Gasteiger partial charge in [0.2, 0.25) is 4.21 Å². The van der Waals surface area contributed by atoms with Gasteiger partial charge in [0.05, 0.1) is 9.93 Å². The van der Waals surface area contributed by atoms with Gasteiger partial charge in [-0.15, -0.1) is 0 Å². The molecule has 2 aliphatic rings. The van der Waals surface area contributed by atoms with E-state index in [0.717, 1.165) is 18.2 Å². The van der Waals surface area contributed by atoms with E-state index in [1.165, 1.54) is 6.07 Å². The molecule has 0 amide bonds. The molecule has 146 valence electrons. The van der Waals surface area contributed by atoms with Crippen molar-refractivity contribution < 1.29 is 36.2 Å². The Hall–Kier alpha value is 1.02. The molecule has 0 saturated heterocycles. The minimum absolute atomic E-state index is 0. The summed E-state index contributed by atoms with van der Waals surface area (Å²) in [6, 6.07) is 3.20. The van der Waals surface area contributed by atoms with Crippen LogP contribution in [0.25, 0.3) is 0 Å². The Balaban J connectivity index is 0.00000196. The quantitative estimate of drug-likeness (QED) is 0.263. The topological polar surface area (TPSA) is 149 Å². The normalized spacial score (nSPS) is 27.0. The fourth-order valence-electron chi connectivity index (χ4n) is 3.05. The molecule has 0 spiro atoms. The molecule has 0 bridgehead atoms. The molecule has 0 radical (unpaired) electrons. The summed E-state index contributed by atoms with van der Waals surface area (Å²) in [7, 11) is -9.38. The fraction of sp³-hybridized carbons (Fsp3) is 0.286. The van der Waals surface area contributed by atoms with E-state index in [1.807, 2.05) is 0 Å². The first-order valence-electron chi connectivity index (χ1n) is 7.01. The van der Waals surface area contributed by atoms with E-state index in [2.05, 4.69) is 0 Å². The van der Waals surface area contributed by atoms with Crippen LogP contribution in [0.2, 0.25) is 0 Å². The fourth-order valence-corrected chi connectivity index (χ4v) is 4.88. The van der Waals surface area contributed by atoms with E-state index in [1.54, 1.807) is 0 Å². The first kappa shape index (κ1) is 27.1. The van der Waals surface area contributed by atoms with Crippen LogP contribution < -0.4 is 0 Å². The molecule has 4 N–H and O–H groups in total. The van der Waals surface area contributed by atoms with E-state index in [0.29, 0.717) is 0 Å². The maximum absolute atomic E-state index is 11.6. The number of hydrogen-bond acceptors (Lipinski definition) is 6. The van der Waals surface area contributed by atoms with Crippen LogP contribution in [0.15, 0.2) is 45.3 Å². The summed E-state index contributed by atoms with van der Waals surface area (Å²) >= 11 is 11.9. The van der Waals surface area contributed by atoms with Gasteiger partial charge in [-0.25, -0.2) is 0 Å². The van der Waals surface area contributed by atoms with Gasteiger partial charge in [0.25, 0.3) is 20.2 Å². The molecule has 3 unspecified atom stereocenters. The number of alkyl halides is 1. The van der Waals surface area contributed by atoms with Crippen molar-refractivity contribution in [3.63, 3.8) is 0 Å². The molecule has 0 heterocycles. The predicted molar refractivity (Wildman–Crippen MR) is 106 cm³/mol. The van der Waals surface area contributed by atoms with Crippen molar-refractivity contribution in [2.45, 2.75) is 27.7 Å². The Labute approximate surface area is 215 Å². The molecule has 0 saturated carbocycles. The molecule has 8 nitrogen and oxygen atoms in total. The summed E-state index contributed by atoms with van der Waals surface area (Å²) in [6.45, 7) is 0. The molecule has 0 fully saturated rings. The van der Waals surface area contributed by atoms with Crippen LogP contribution in [0.4, 0.5) is 0 Å². The summed E-state index contributed by atoms with van der Waals surface area (Å²) in [5, 5.41) is 20.6. The molecule has 1 aromatic carbocycles. The van der Waals surface area contributed by atoms with E-state index in [-0.39, 0.29) is 81.4 Å². The molecule has 3 atom stereocenters. The maximum atomic E-state index is 11.6. The first-order chi connectivity index (χ1) is 11.8. The van der Waals surface area contributed by atoms with Crippen molar-refractivity contribution in [3.05, 3.63) is 51.6 Å². The van der Waals surface area contributed by atoms with Crippen LogP contribution in [-0.4, -0.2) is 99.5 Å². The number of fused-ring (bicyclic) bond motifs is 1. The number of aliphatic hydroxyl groups excluding tert-OH is 2. The van der Waals surface area contributed by atoms with Crippen LogP contribution in [0.3, 0.4) is 0 Å². The van der Waals surface area contributed by atoms with Crippen molar-refractivity contribution in [2.75, 3.05) is 0 Å². The van der Waals surface area contributed by atoms with Crippen molar-refractivity contribution >= 4 is 103 Å². The summed E-state index contributed by atoms with van der Waals surface area (Å²) < 4.78 is 62.0. The number of hydrogen-bond donors (Lipinski definition) is 4. The summed E-state index contributed by atoms with van der Waals surface area (Å²) in [5.41, 5.74) is 0.148. The molecule has 14 heteroatoms. The monoisotopic (exact) mass is 490 g/mol. The van der Waals surface area contributed by atoms with E-state index in [4.69, 9.17) is 27.8 Å². The molecule has 1 aromatic rings. The standard InChI is InChI=1S/C14H12Cl2O8S2.2Na.2H/c15-11-4-9-10(5-14(11,16)26(22,23)24)12(17)7-2-1-6(25(19,20)21)3-8(7)13(9)18;;;;/h1-4,12-13,17-18H,5H2,(H,19,20,21)(H,22,23,24);;;;. The Morgan fingerprint density at radius 3 is 2.07 bits per heavy atom. The van der Waals surface area contributed by atoms with Crippen molar-refractivity contribution in [2.24, 2.45) is 0 Å². The molecule has 0 aromatic heterocycles. The Bertz CT molecular complexity index is 1080. The first-order valence-corrected chi connectivity index (χ1v) is 10.6. The average Bonchev–Trinajstić information content (AvgIpc) is 2.52. The Morgan fingerprint density at radius 2 is 1.57 bits per heavy atom. The van der Waals surface area contributed by atoms with Gasteiger partial charge in [0.15, 0.2) is 0 Å². The summed E-state index contributed by atoms with van der Waals surface area (Å²) in [4.78, 5) is -0.484. The van der Waals surface area contributed by atoms with Crippen molar-refractivity contribution in [1.82, 2.24) is 0 Å². The summed E-state index contributed by atoms with van der Waals surface area (Å²) in [5.74, 6) is 0. The zero-order valence-electron chi connectivity index (χ0n) is 12.7. The summed E-state index contributed by atoms with van der Waals surface area (Å²) in [6.07, 6.45) is -2.46.